The van der Waals surface area contributed by atoms with E-state index < -0.39 is 15.9 Å². The number of rotatable bonds is 9. The molecular weight excluding hydrogens is 471 g/mol. The van der Waals surface area contributed by atoms with Gasteiger partial charge in [0.15, 0.2) is 5.75 Å². The third kappa shape index (κ3) is 4.94. The number of carbonyl (C=O) groups excluding carboxylic acids is 1. The highest BCUT2D eigenvalue weighted by atomic mass is 32.2. The third-order valence-corrected chi connectivity index (χ3v) is 7.87. The number of anilines is 1. The van der Waals surface area contributed by atoms with Gasteiger partial charge in [-0.25, -0.2) is 12.8 Å². The first-order chi connectivity index (χ1) is 16.6. The minimum absolute atomic E-state index is 0.0350. The molecule has 10 heteroatoms. The van der Waals surface area contributed by atoms with Crippen LogP contribution in [0.15, 0.2) is 42.6 Å². The molecule has 2 N–H and O–H groups in total. The van der Waals surface area contributed by atoms with Gasteiger partial charge in [0.2, 0.25) is 10.0 Å². The molecule has 0 saturated carbocycles. The predicted octanol–water partition coefficient (Wildman–Crippen LogP) is 3.71. The van der Waals surface area contributed by atoms with Crippen LogP contribution in [-0.4, -0.2) is 59.1 Å². The van der Waals surface area contributed by atoms with Crippen LogP contribution in [0.3, 0.4) is 0 Å². The largest absolute Gasteiger partial charge is 0.505 e. The molecule has 0 spiro atoms. The van der Waals surface area contributed by atoms with E-state index in [1.54, 1.807) is 24.3 Å². The third-order valence-electron chi connectivity index (χ3n) is 6.43. The SMILES string of the molecule is CCN(CC)C(C)CS(=O)(=O)Nc1c2c(c(O)c3ncccc13)C(=O)N(Cc1ccc(F)cc1)C2. The molecule has 1 aromatic heterocycles. The molecule has 1 aliphatic heterocycles. The highest BCUT2D eigenvalue weighted by Gasteiger charge is 2.36. The second-order valence-electron chi connectivity index (χ2n) is 8.72. The summed E-state index contributed by atoms with van der Waals surface area (Å²) in [6.07, 6.45) is 1.48. The Labute approximate surface area is 204 Å². The Morgan fingerprint density at radius 3 is 2.54 bits per heavy atom. The fraction of sp³-hybridized carbons (Fsp3) is 0.360. The Morgan fingerprint density at radius 1 is 1.20 bits per heavy atom. The van der Waals surface area contributed by atoms with E-state index in [2.05, 4.69) is 9.71 Å². The lowest BCUT2D eigenvalue weighted by atomic mass is 10.0. The molecular formula is C25H29FN4O4S. The van der Waals surface area contributed by atoms with Gasteiger partial charge >= 0.3 is 0 Å². The lowest BCUT2D eigenvalue weighted by Gasteiger charge is -2.26. The van der Waals surface area contributed by atoms with Crippen molar-refractivity contribution >= 4 is 32.5 Å². The number of pyridine rings is 1. The van der Waals surface area contributed by atoms with Crippen molar-refractivity contribution in [3.8, 4) is 5.75 Å². The van der Waals surface area contributed by atoms with Crippen LogP contribution in [0.2, 0.25) is 0 Å². The van der Waals surface area contributed by atoms with Crippen molar-refractivity contribution in [1.29, 1.82) is 0 Å². The molecule has 1 atom stereocenters. The highest BCUT2D eigenvalue weighted by Crippen LogP contribution is 2.43. The van der Waals surface area contributed by atoms with Crippen molar-refractivity contribution in [3.63, 3.8) is 0 Å². The van der Waals surface area contributed by atoms with Gasteiger partial charge in [0, 0.05) is 36.3 Å². The Kier molecular flexibility index (Phi) is 6.95. The van der Waals surface area contributed by atoms with E-state index in [0.717, 1.165) is 13.1 Å². The fourth-order valence-electron chi connectivity index (χ4n) is 4.68. The fourth-order valence-corrected chi connectivity index (χ4v) is 6.15. The Morgan fingerprint density at radius 2 is 1.89 bits per heavy atom. The number of aromatic nitrogens is 1. The van der Waals surface area contributed by atoms with Gasteiger partial charge < -0.3 is 14.9 Å². The number of sulfonamides is 1. The zero-order valence-electron chi connectivity index (χ0n) is 20.0. The van der Waals surface area contributed by atoms with Crippen molar-refractivity contribution in [1.82, 2.24) is 14.8 Å². The summed E-state index contributed by atoms with van der Waals surface area (Å²) in [5.41, 5.74) is 1.55. The van der Waals surface area contributed by atoms with E-state index in [4.69, 9.17) is 0 Å². The number of phenols is 1. The minimum atomic E-state index is -3.80. The van der Waals surface area contributed by atoms with Crippen LogP contribution in [0, 0.1) is 5.82 Å². The summed E-state index contributed by atoms with van der Waals surface area (Å²) >= 11 is 0. The number of nitrogens with one attached hydrogen (secondary N) is 1. The van der Waals surface area contributed by atoms with Crippen LogP contribution < -0.4 is 4.72 Å². The standard InChI is InChI=1S/C25H29FN4O4S/c1-4-29(5-2)16(3)15-35(33,34)28-22-19-7-6-12-27-23(19)24(31)21-20(22)14-30(25(21)32)13-17-8-10-18(26)11-9-17/h6-12,16,28,31H,4-5,13-15H2,1-3H3. The number of phenolic OH excluding ortho intramolecular Hbond substituents is 1. The quantitative estimate of drug-likeness (QED) is 0.434. The number of fused-ring (bicyclic) bond motifs is 2. The Bertz CT molecular complexity index is 1360. The number of amides is 1. The number of hydrogen-bond donors (Lipinski definition) is 2. The molecule has 0 bridgehead atoms. The molecule has 3 aromatic rings. The second kappa shape index (κ2) is 9.79. The van der Waals surface area contributed by atoms with Crippen molar-refractivity contribution in [2.45, 2.75) is 39.9 Å². The zero-order valence-corrected chi connectivity index (χ0v) is 20.8. The van der Waals surface area contributed by atoms with Crippen LogP contribution in [0.1, 0.15) is 42.3 Å². The molecule has 1 amide bonds. The summed E-state index contributed by atoms with van der Waals surface area (Å²) in [7, 11) is -3.80. The molecule has 1 aliphatic rings. The van der Waals surface area contributed by atoms with Crippen LogP contribution in [0.4, 0.5) is 10.1 Å². The molecule has 186 valence electrons. The van der Waals surface area contributed by atoms with Crippen molar-refractivity contribution < 1.29 is 22.7 Å². The van der Waals surface area contributed by atoms with Crippen LogP contribution in [-0.2, 0) is 23.1 Å². The highest BCUT2D eigenvalue weighted by molar-refractivity contribution is 7.92. The number of halogens is 1. The molecule has 8 nitrogen and oxygen atoms in total. The summed E-state index contributed by atoms with van der Waals surface area (Å²) in [5, 5.41) is 11.3. The molecule has 0 aliphatic carbocycles. The van der Waals surface area contributed by atoms with E-state index in [1.807, 2.05) is 25.7 Å². The number of hydrogen-bond acceptors (Lipinski definition) is 6. The molecule has 0 radical (unpaired) electrons. The van der Waals surface area contributed by atoms with Gasteiger partial charge in [-0.05, 0) is 49.8 Å². The number of nitrogens with zero attached hydrogens (tertiary/aromatic N) is 3. The summed E-state index contributed by atoms with van der Waals surface area (Å²) in [5.74, 6) is -1.22. The van der Waals surface area contributed by atoms with E-state index in [-0.39, 0.29) is 53.2 Å². The molecule has 1 unspecified atom stereocenters. The second-order valence-corrected chi connectivity index (χ2v) is 10.5. The Hall–Kier alpha value is -3.24. The van der Waals surface area contributed by atoms with Gasteiger partial charge in [-0.15, -0.1) is 0 Å². The Balaban J connectivity index is 1.73. The first-order valence-electron chi connectivity index (χ1n) is 11.6. The smallest absolute Gasteiger partial charge is 0.258 e. The van der Waals surface area contributed by atoms with Crippen molar-refractivity contribution in [3.05, 3.63) is 65.1 Å². The van der Waals surface area contributed by atoms with Gasteiger partial charge in [0.1, 0.15) is 11.3 Å². The maximum absolute atomic E-state index is 13.3. The molecule has 2 heterocycles. The molecule has 0 saturated heterocycles. The first kappa shape index (κ1) is 24.9. The van der Waals surface area contributed by atoms with Crippen LogP contribution >= 0.6 is 0 Å². The molecule has 0 fully saturated rings. The van der Waals surface area contributed by atoms with E-state index in [1.165, 1.54) is 23.2 Å². The molecule has 35 heavy (non-hydrogen) atoms. The first-order valence-corrected chi connectivity index (χ1v) is 13.2. The van der Waals surface area contributed by atoms with Gasteiger partial charge in [-0.1, -0.05) is 26.0 Å². The van der Waals surface area contributed by atoms with Crippen LogP contribution in [0.25, 0.3) is 10.9 Å². The average Bonchev–Trinajstić information content (AvgIpc) is 3.14. The minimum Gasteiger partial charge on any atom is -0.505 e. The maximum atomic E-state index is 13.3. The molecule has 2 aromatic carbocycles. The average molecular weight is 501 g/mol. The van der Waals surface area contributed by atoms with E-state index >= 15 is 0 Å². The maximum Gasteiger partial charge on any atom is 0.258 e. The monoisotopic (exact) mass is 500 g/mol. The summed E-state index contributed by atoms with van der Waals surface area (Å²) in [4.78, 5) is 21.0. The summed E-state index contributed by atoms with van der Waals surface area (Å²) < 4.78 is 42.4. The van der Waals surface area contributed by atoms with Gasteiger partial charge in [-0.2, -0.15) is 0 Å². The molecule has 4 rings (SSSR count). The van der Waals surface area contributed by atoms with Gasteiger partial charge in [-0.3, -0.25) is 14.5 Å². The van der Waals surface area contributed by atoms with Gasteiger partial charge in [0.05, 0.1) is 17.0 Å². The lowest BCUT2D eigenvalue weighted by molar-refractivity contribution is 0.0764. The van der Waals surface area contributed by atoms with E-state index in [9.17, 15) is 22.7 Å². The lowest BCUT2D eigenvalue weighted by Crippen LogP contribution is -2.39. The number of aromatic hydroxyl groups is 1. The summed E-state index contributed by atoms with van der Waals surface area (Å²) in [6.45, 7) is 7.54. The van der Waals surface area contributed by atoms with E-state index in [0.29, 0.717) is 16.5 Å². The summed E-state index contributed by atoms with van der Waals surface area (Å²) in [6, 6.07) is 8.90. The normalized spacial score (nSPS) is 14.5. The number of benzene rings is 2. The topological polar surface area (TPSA) is 103 Å². The van der Waals surface area contributed by atoms with Crippen molar-refractivity contribution in [2.24, 2.45) is 0 Å². The zero-order chi connectivity index (χ0) is 25.3. The number of carbonyl (C=O) groups is 1. The van der Waals surface area contributed by atoms with Gasteiger partial charge in [0.25, 0.3) is 5.91 Å². The predicted molar refractivity (Wildman–Crippen MR) is 133 cm³/mol. The van der Waals surface area contributed by atoms with Crippen molar-refractivity contribution in [2.75, 3.05) is 23.6 Å². The van der Waals surface area contributed by atoms with Crippen LogP contribution in [0.5, 0.6) is 5.75 Å².